The van der Waals surface area contributed by atoms with E-state index in [4.69, 9.17) is 5.11 Å². The topological polar surface area (TPSA) is 90.5 Å². The van der Waals surface area contributed by atoms with E-state index >= 15 is 0 Å². The van der Waals surface area contributed by atoms with Gasteiger partial charge in [-0.25, -0.2) is 9.18 Å². The zero-order valence-electron chi connectivity index (χ0n) is 10.9. The number of hydrogen-bond acceptors (Lipinski definition) is 3. The van der Waals surface area contributed by atoms with Crippen LogP contribution in [-0.4, -0.2) is 29.2 Å². The van der Waals surface area contributed by atoms with Gasteiger partial charge in [0.15, 0.2) is 0 Å². The number of carboxylic acid groups (broad SMARTS) is 1. The minimum atomic E-state index is -1.29. The molecule has 7 heteroatoms. The number of rotatable bonds is 5. The van der Waals surface area contributed by atoms with Crippen LogP contribution in [0.5, 0.6) is 0 Å². The van der Waals surface area contributed by atoms with Crippen molar-refractivity contribution in [2.75, 3.05) is 10.6 Å². The molecule has 1 saturated carbocycles. The van der Waals surface area contributed by atoms with Crippen molar-refractivity contribution in [3.05, 3.63) is 24.0 Å². The van der Waals surface area contributed by atoms with Crippen molar-refractivity contribution >= 4 is 23.4 Å². The lowest BCUT2D eigenvalue weighted by molar-refractivity contribution is -0.117. The van der Waals surface area contributed by atoms with Crippen molar-refractivity contribution in [3.8, 4) is 0 Å². The molecule has 1 atom stereocenters. The van der Waals surface area contributed by atoms with E-state index in [1.165, 1.54) is 19.1 Å². The molecule has 0 bridgehead atoms. The van der Waals surface area contributed by atoms with Crippen molar-refractivity contribution < 1.29 is 19.1 Å². The molecule has 108 valence electrons. The van der Waals surface area contributed by atoms with Crippen LogP contribution in [0.1, 0.15) is 19.8 Å². The van der Waals surface area contributed by atoms with E-state index in [-0.39, 0.29) is 11.7 Å². The first kappa shape index (κ1) is 14.1. The summed E-state index contributed by atoms with van der Waals surface area (Å²) >= 11 is 0. The molecule has 1 aromatic carbocycles. The maximum Gasteiger partial charge on any atom is 0.405 e. The first-order valence-electron chi connectivity index (χ1n) is 6.32. The highest BCUT2D eigenvalue weighted by Crippen LogP contribution is 2.31. The van der Waals surface area contributed by atoms with E-state index < -0.39 is 23.9 Å². The molecule has 2 rings (SSSR count). The number of benzene rings is 1. The number of amides is 2. The lowest BCUT2D eigenvalue weighted by Crippen LogP contribution is -2.40. The van der Waals surface area contributed by atoms with Crippen LogP contribution in [0, 0.1) is 5.82 Å². The van der Waals surface area contributed by atoms with Gasteiger partial charge in [0.25, 0.3) is 0 Å². The summed E-state index contributed by atoms with van der Waals surface area (Å²) in [6.07, 6.45) is 0.653. The third kappa shape index (κ3) is 3.59. The van der Waals surface area contributed by atoms with E-state index in [9.17, 15) is 14.0 Å². The van der Waals surface area contributed by atoms with Gasteiger partial charge in [0.05, 0.1) is 11.4 Å². The number of anilines is 2. The lowest BCUT2D eigenvalue weighted by Gasteiger charge is -2.16. The van der Waals surface area contributed by atoms with E-state index in [1.54, 1.807) is 6.07 Å². The Morgan fingerprint density at radius 2 is 2.10 bits per heavy atom. The maximum absolute atomic E-state index is 13.8. The predicted octanol–water partition coefficient (Wildman–Crippen LogP) is 1.99. The van der Waals surface area contributed by atoms with Crippen molar-refractivity contribution in [2.24, 2.45) is 0 Å². The molecule has 0 aliphatic heterocycles. The van der Waals surface area contributed by atoms with Crippen LogP contribution in [0.3, 0.4) is 0 Å². The van der Waals surface area contributed by atoms with Gasteiger partial charge < -0.3 is 21.1 Å². The first-order valence-corrected chi connectivity index (χ1v) is 6.32. The standard InChI is InChI=1S/C13H16FN3O3/c1-7(15-13(19)20)12(18)17-10-4-2-3-9(14)11(10)16-8-5-6-8/h2-4,7-8,15-16H,5-6H2,1H3,(H,17,18)(H,19,20)/t7-/m0/s1. The van der Waals surface area contributed by atoms with Gasteiger partial charge in [-0.3, -0.25) is 4.79 Å². The van der Waals surface area contributed by atoms with Crippen molar-refractivity contribution in [1.82, 2.24) is 5.32 Å². The summed E-state index contributed by atoms with van der Waals surface area (Å²) in [6, 6.07) is 3.67. The molecular weight excluding hydrogens is 265 g/mol. The highest BCUT2D eigenvalue weighted by Gasteiger charge is 2.24. The Morgan fingerprint density at radius 3 is 2.70 bits per heavy atom. The van der Waals surface area contributed by atoms with Gasteiger partial charge in [0.2, 0.25) is 5.91 Å². The summed E-state index contributed by atoms with van der Waals surface area (Å²) in [5.41, 5.74) is 0.548. The number of hydrogen-bond donors (Lipinski definition) is 4. The average molecular weight is 281 g/mol. The molecule has 1 aromatic rings. The van der Waals surface area contributed by atoms with Crippen LogP contribution < -0.4 is 16.0 Å². The Hall–Kier alpha value is -2.31. The maximum atomic E-state index is 13.8. The first-order chi connectivity index (χ1) is 9.47. The minimum Gasteiger partial charge on any atom is -0.465 e. The van der Waals surface area contributed by atoms with E-state index in [0.29, 0.717) is 5.69 Å². The van der Waals surface area contributed by atoms with Crippen LogP contribution in [0.2, 0.25) is 0 Å². The second-order valence-corrected chi connectivity index (χ2v) is 4.74. The largest absolute Gasteiger partial charge is 0.465 e. The number of nitrogens with one attached hydrogen (secondary N) is 3. The highest BCUT2D eigenvalue weighted by atomic mass is 19.1. The summed E-state index contributed by atoms with van der Waals surface area (Å²) in [5, 5.41) is 16.1. The zero-order chi connectivity index (χ0) is 14.7. The number of para-hydroxylation sites is 1. The van der Waals surface area contributed by atoms with Crippen LogP contribution in [0.4, 0.5) is 20.6 Å². The van der Waals surface area contributed by atoms with E-state index in [0.717, 1.165) is 12.8 Å². The van der Waals surface area contributed by atoms with Gasteiger partial charge in [-0.05, 0) is 31.9 Å². The summed E-state index contributed by atoms with van der Waals surface area (Å²) < 4.78 is 13.8. The highest BCUT2D eigenvalue weighted by molar-refractivity contribution is 5.98. The number of halogens is 1. The molecule has 6 nitrogen and oxygen atoms in total. The second-order valence-electron chi connectivity index (χ2n) is 4.74. The van der Waals surface area contributed by atoms with Crippen molar-refractivity contribution in [2.45, 2.75) is 31.8 Å². The molecule has 0 saturated heterocycles. The van der Waals surface area contributed by atoms with Crippen LogP contribution in [0.15, 0.2) is 18.2 Å². The molecule has 1 aliphatic rings. The summed E-state index contributed by atoms with van der Waals surface area (Å²) in [4.78, 5) is 22.3. The number of carbonyl (C=O) groups excluding carboxylic acids is 1. The van der Waals surface area contributed by atoms with E-state index in [1.807, 2.05) is 5.32 Å². The normalized spacial score (nSPS) is 15.3. The monoisotopic (exact) mass is 281 g/mol. The van der Waals surface area contributed by atoms with Gasteiger partial charge in [0, 0.05) is 6.04 Å². The van der Waals surface area contributed by atoms with Gasteiger partial charge >= 0.3 is 6.09 Å². The molecule has 0 heterocycles. The van der Waals surface area contributed by atoms with Crippen molar-refractivity contribution in [3.63, 3.8) is 0 Å². The smallest absolute Gasteiger partial charge is 0.405 e. The van der Waals surface area contributed by atoms with Crippen LogP contribution in [-0.2, 0) is 4.79 Å². The Balaban J connectivity index is 2.09. The summed E-state index contributed by atoms with van der Waals surface area (Å²) in [6.45, 7) is 1.41. The van der Waals surface area contributed by atoms with Gasteiger partial charge in [-0.15, -0.1) is 0 Å². The molecule has 0 aromatic heterocycles. The Labute approximate surface area is 115 Å². The molecule has 1 aliphatic carbocycles. The van der Waals surface area contributed by atoms with Crippen LogP contribution >= 0.6 is 0 Å². The molecule has 4 N–H and O–H groups in total. The Morgan fingerprint density at radius 1 is 1.40 bits per heavy atom. The fraction of sp³-hybridized carbons (Fsp3) is 0.385. The quantitative estimate of drug-likeness (QED) is 0.664. The second kappa shape index (κ2) is 5.77. The Kier molecular flexibility index (Phi) is 4.07. The van der Waals surface area contributed by atoms with Gasteiger partial charge in [0.1, 0.15) is 11.9 Å². The molecule has 1 fully saturated rings. The molecule has 0 unspecified atom stereocenters. The average Bonchev–Trinajstić information content (AvgIpc) is 3.16. The van der Waals surface area contributed by atoms with Crippen LogP contribution in [0.25, 0.3) is 0 Å². The zero-order valence-corrected chi connectivity index (χ0v) is 10.9. The third-order valence-corrected chi connectivity index (χ3v) is 2.93. The number of carbonyl (C=O) groups is 2. The fourth-order valence-electron chi connectivity index (χ4n) is 1.70. The van der Waals surface area contributed by atoms with E-state index in [2.05, 4.69) is 10.6 Å². The lowest BCUT2D eigenvalue weighted by atomic mass is 10.2. The summed E-state index contributed by atoms with van der Waals surface area (Å²) in [5.74, 6) is -0.995. The minimum absolute atomic E-state index is 0.233. The molecule has 0 spiro atoms. The van der Waals surface area contributed by atoms with Gasteiger partial charge in [-0.1, -0.05) is 6.07 Å². The fourth-order valence-corrected chi connectivity index (χ4v) is 1.70. The molecule has 20 heavy (non-hydrogen) atoms. The molecule has 0 radical (unpaired) electrons. The SMILES string of the molecule is C[C@H](NC(=O)O)C(=O)Nc1cccc(F)c1NC1CC1. The summed E-state index contributed by atoms with van der Waals surface area (Å²) in [7, 11) is 0. The molecule has 2 amide bonds. The third-order valence-electron chi connectivity index (χ3n) is 2.93. The van der Waals surface area contributed by atoms with Crippen molar-refractivity contribution in [1.29, 1.82) is 0 Å². The van der Waals surface area contributed by atoms with Gasteiger partial charge in [-0.2, -0.15) is 0 Å². The molecular formula is C13H16FN3O3. The Bertz CT molecular complexity index is 532. The predicted molar refractivity (Wildman–Crippen MR) is 72.3 cm³/mol.